The lowest BCUT2D eigenvalue weighted by molar-refractivity contribution is -0.0192. The molecule has 2 aromatic carbocycles. The van der Waals surface area contributed by atoms with Crippen LogP contribution in [0.25, 0.3) is 0 Å². The molecule has 0 spiro atoms. The smallest absolute Gasteiger partial charge is 0.214 e. The molecule has 2 aliphatic heterocycles. The number of rotatable bonds is 5. The fourth-order valence-electron chi connectivity index (χ4n) is 4.21. The summed E-state index contributed by atoms with van der Waals surface area (Å²) in [6.45, 7) is 0. The Bertz CT molecular complexity index is 1110. The number of pyridine rings is 1. The second-order valence-electron chi connectivity index (χ2n) is 7.36. The van der Waals surface area contributed by atoms with Crippen LogP contribution < -0.4 is 18.9 Å². The first-order valence-electron chi connectivity index (χ1n) is 10.0. The first kappa shape index (κ1) is 19.2. The summed E-state index contributed by atoms with van der Waals surface area (Å²) in [5, 5.41) is 6.98. The summed E-state index contributed by atoms with van der Waals surface area (Å²) in [7, 11) is 4.80. The van der Waals surface area contributed by atoms with Gasteiger partial charge in [0.05, 0.1) is 33.1 Å². The normalized spacial score (nSPS) is 19.1. The van der Waals surface area contributed by atoms with Gasteiger partial charge in [0.1, 0.15) is 5.75 Å². The van der Waals surface area contributed by atoms with Gasteiger partial charge in [-0.25, -0.2) is 5.01 Å². The first-order chi connectivity index (χ1) is 15.2. The van der Waals surface area contributed by atoms with E-state index in [1.54, 1.807) is 27.5 Å². The molecule has 1 aromatic heterocycles. The van der Waals surface area contributed by atoms with E-state index in [-0.39, 0.29) is 6.04 Å². The molecule has 0 fully saturated rings. The molecule has 0 radical (unpaired) electrons. The lowest BCUT2D eigenvalue weighted by Gasteiger charge is -2.38. The van der Waals surface area contributed by atoms with Crippen molar-refractivity contribution in [3.05, 3.63) is 77.6 Å². The topological polar surface area (TPSA) is 65.4 Å². The van der Waals surface area contributed by atoms with Gasteiger partial charge in [-0.05, 0) is 24.3 Å². The van der Waals surface area contributed by atoms with Crippen molar-refractivity contribution in [2.45, 2.75) is 18.7 Å². The van der Waals surface area contributed by atoms with E-state index in [1.807, 2.05) is 53.7 Å². The Labute approximate surface area is 180 Å². The van der Waals surface area contributed by atoms with Crippen molar-refractivity contribution in [3.8, 4) is 23.0 Å². The standard InChI is InChI=1S/C24H23N3O4/c1-28-21-11-16(12-22(29-2)23(21)30-3)24-27-19(17-8-4-5-9-20(17)31-24)13-18(26-27)15-7-6-10-25-14-15/h4-12,14,19,24H,13H2,1-3H3/t19-,24-/m1/s1. The lowest BCUT2D eigenvalue weighted by atomic mass is 9.96. The monoisotopic (exact) mass is 417 g/mol. The van der Waals surface area contributed by atoms with Crippen molar-refractivity contribution in [3.63, 3.8) is 0 Å². The van der Waals surface area contributed by atoms with Gasteiger partial charge in [0.2, 0.25) is 12.0 Å². The summed E-state index contributed by atoms with van der Waals surface area (Å²) in [6.07, 6.45) is 3.94. The quantitative estimate of drug-likeness (QED) is 0.615. The van der Waals surface area contributed by atoms with Gasteiger partial charge in [-0.2, -0.15) is 5.10 Å². The van der Waals surface area contributed by atoms with Crippen molar-refractivity contribution >= 4 is 5.71 Å². The molecule has 0 N–H and O–H groups in total. The Kier molecular flexibility index (Phi) is 4.86. The van der Waals surface area contributed by atoms with Gasteiger partial charge < -0.3 is 18.9 Å². The van der Waals surface area contributed by atoms with E-state index in [0.717, 1.165) is 34.6 Å². The van der Waals surface area contributed by atoms with Crippen molar-refractivity contribution < 1.29 is 18.9 Å². The van der Waals surface area contributed by atoms with Gasteiger partial charge in [-0.15, -0.1) is 0 Å². The van der Waals surface area contributed by atoms with Crippen molar-refractivity contribution in [2.24, 2.45) is 5.10 Å². The van der Waals surface area contributed by atoms with Crippen LogP contribution in [0.5, 0.6) is 23.0 Å². The predicted molar refractivity (Wildman–Crippen MR) is 116 cm³/mol. The minimum Gasteiger partial charge on any atom is -0.493 e. The zero-order valence-corrected chi connectivity index (χ0v) is 17.6. The lowest BCUT2D eigenvalue weighted by Crippen LogP contribution is -2.33. The van der Waals surface area contributed by atoms with Gasteiger partial charge >= 0.3 is 0 Å². The molecule has 0 amide bonds. The summed E-state index contributed by atoms with van der Waals surface area (Å²) in [6, 6.07) is 16.0. The van der Waals surface area contributed by atoms with E-state index >= 15 is 0 Å². The number of benzene rings is 2. The van der Waals surface area contributed by atoms with E-state index in [1.165, 1.54) is 0 Å². The third-order valence-corrected chi connectivity index (χ3v) is 5.67. The highest BCUT2D eigenvalue weighted by Gasteiger charge is 2.41. The summed E-state index contributed by atoms with van der Waals surface area (Å²) >= 11 is 0. The Morgan fingerprint density at radius 2 is 1.74 bits per heavy atom. The molecule has 3 aromatic rings. The molecular formula is C24H23N3O4. The SMILES string of the molecule is COc1cc([C@H]2Oc3ccccc3[C@H]3CC(c4cccnc4)=NN32)cc(OC)c1OC. The Balaban J connectivity index is 1.62. The number of methoxy groups -OCH3 is 3. The van der Waals surface area contributed by atoms with Gasteiger partial charge in [-0.3, -0.25) is 4.98 Å². The minimum absolute atomic E-state index is 0.0595. The molecule has 0 saturated carbocycles. The van der Waals surface area contributed by atoms with Crippen molar-refractivity contribution in [1.29, 1.82) is 0 Å². The Morgan fingerprint density at radius 3 is 2.42 bits per heavy atom. The van der Waals surface area contributed by atoms with E-state index in [9.17, 15) is 0 Å². The number of fused-ring (bicyclic) bond motifs is 3. The van der Waals surface area contributed by atoms with Crippen LogP contribution in [0, 0.1) is 0 Å². The first-order valence-corrected chi connectivity index (χ1v) is 10.0. The number of para-hydroxylation sites is 1. The van der Waals surface area contributed by atoms with Crippen molar-refractivity contribution in [1.82, 2.24) is 9.99 Å². The average molecular weight is 417 g/mol. The van der Waals surface area contributed by atoms with Gasteiger partial charge in [0.15, 0.2) is 11.5 Å². The number of aromatic nitrogens is 1. The van der Waals surface area contributed by atoms with E-state index < -0.39 is 6.23 Å². The number of hydrazone groups is 1. The summed E-state index contributed by atoms with van der Waals surface area (Å²) in [5.41, 5.74) is 3.98. The molecule has 3 heterocycles. The summed E-state index contributed by atoms with van der Waals surface area (Å²) in [4.78, 5) is 4.26. The molecule has 5 rings (SSSR count). The van der Waals surface area contributed by atoms with Crippen LogP contribution in [-0.2, 0) is 0 Å². The third-order valence-electron chi connectivity index (χ3n) is 5.67. The van der Waals surface area contributed by atoms with Crippen LogP contribution >= 0.6 is 0 Å². The number of ether oxygens (including phenoxy) is 4. The summed E-state index contributed by atoms with van der Waals surface area (Å²) in [5.74, 6) is 2.55. The van der Waals surface area contributed by atoms with Gasteiger partial charge in [0, 0.05) is 35.5 Å². The second-order valence-corrected chi connectivity index (χ2v) is 7.36. The van der Waals surface area contributed by atoms with Crippen LogP contribution in [-0.4, -0.2) is 37.0 Å². The zero-order chi connectivity index (χ0) is 21.4. The molecule has 158 valence electrons. The largest absolute Gasteiger partial charge is 0.493 e. The van der Waals surface area contributed by atoms with Crippen molar-refractivity contribution in [2.75, 3.05) is 21.3 Å². The second kappa shape index (κ2) is 7.83. The molecule has 0 saturated heterocycles. The predicted octanol–water partition coefficient (Wildman–Crippen LogP) is 4.35. The highest BCUT2D eigenvalue weighted by Crippen LogP contribution is 2.49. The highest BCUT2D eigenvalue weighted by molar-refractivity contribution is 6.01. The maximum atomic E-state index is 6.44. The number of hydrogen-bond acceptors (Lipinski definition) is 7. The van der Waals surface area contributed by atoms with Gasteiger partial charge in [-0.1, -0.05) is 24.3 Å². The molecule has 7 heteroatoms. The molecule has 0 unspecified atom stereocenters. The molecule has 2 aliphatic rings. The minimum atomic E-state index is -0.442. The molecule has 0 aliphatic carbocycles. The van der Waals surface area contributed by atoms with E-state index in [2.05, 4.69) is 11.1 Å². The van der Waals surface area contributed by atoms with E-state index in [0.29, 0.717) is 17.2 Å². The summed E-state index contributed by atoms with van der Waals surface area (Å²) < 4.78 is 23.0. The van der Waals surface area contributed by atoms with Gasteiger partial charge in [0.25, 0.3) is 0 Å². The molecule has 2 atom stereocenters. The fraction of sp³-hybridized carbons (Fsp3) is 0.250. The van der Waals surface area contributed by atoms with E-state index in [4.69, 9.17) is 24.0 Å². The van der Waals surface area contributed by atoms with Crippen LogP contribution in [0.15, 0.2) is 66.0 Å². The average Bonchev–Trinajstić information content (AvgIpc) is 3.29. The molecule has 0 bridgehead atoms. The maximum Gasteiger partial charge on any atom is 0.214 e. The molecule has 7 nitrogen and oxygen atoms in total. The van der Waals surface area contributed by atoms with Crippen LogP contribution in [0.2, 0.25) is 0 Å². The Morgan fingerprint density at radius 1 is 0.968 bits per heavy atom. The Hall–Kier alpha value is -3.74. The molecule has 31 heavy (non-hydrogen) atoms. The zero-order valence-electron chi connectivity index (χ0n) is 17.6. The maximum absolute atomic E-state index is 6.44. The van der Waals surface area contributed by atoms with Crippen LogP contribution in [0.3, 0.4) is 0 Å². The fourth-order valence-corrected chi connectivity index (χ4v) is 4.21. The number of nitrogens with zero attached hydrogens (tertiary/aromatic N) is 3. The highest BCUT2D eigenvalue weighted by atomic mass is 16.5. The third kappa shape index (κ3) is 3.22. The van der Waals surface area contributed by atoms with Crippen LogP contribution in [0.1, 0.15) is 35.4 Å². The van der Waals surface area contributed by atoms with Crippen LogP contribution in [0.4, 0.5) is 0 Å². The number of hydrogen-bond donors (Lipinski definition) is 0. The molecular weight excluding hydrogens is 394 g/mol.